The zero-order chi connectivity index (χ0) is 19.9. The Hall–Kier alpha value is -1.86. The van der Waals surface area contributed by atoms with Gasteiger partial charge in [-0.25, -0.2) is 0 Å². The van der Waals surface area contributed by atoms with Crippen LogP contribution in [0.2, 0.25) is 0 Å². The monoisotopic (exact) mass is 408 g/mol. The van der Waals surface area contributed by atoms with Crippen LogP contribution in [-0.2, 0) is 6.18 Å². The second kappa shape index (κ2) is 7.52. The Morgan fingerprint density at radius 1 is 1.18 bits per heavy atom. The van der Waals surface area contributed by atoms with Crippen LogP contribution in [0, 0.1) is 0 Å². The van der Waals surface area contributed by atoms with E-state index in [1.165, 1.54) is 29.9 Å². The van der Waals surface area contributed by atoms with Crippen molar-refractivity contribution in [2.75, 3.05) is 6.54 Å². The minimum Gasteiger partial charge on any atom is -0.366 e. The van der Waals surface area contributed by atoms with E-state index >= 15 is 0 Å². The Morgan fingerprint density at radius 2 is 2.00 bits per heavy atom. The number of primary amides is 1. The van der Waals surface area contributed by atoms with E-state index in [4.69, 9.17) is 5.73 Å². The number of carbonyl (C=O) groups excluding carboxylic acids is 1. The van der Waals surface area contributed by atoms with E-state index in [1.54, 1.807) is 0 Å². The summed E-state index contributed by atoms with van der Waals surface area (Å²) >= 11 is 1.46. The summed E-state index contributed by atoms with van der Waals surface area (Å²) in [6.07, 6.45) is 0.599. The van der Waals surface area contributed by atoms with Crippen molar-refractivity contribution in [2.45, 2.75) is 56.3 Å². The molecule has 0 saturated carbocycles. The largest absolute Gasteiger partial charge is 0.416 e. The van der Waals surface area contributed by atoms with Gasteiger partial charge in [-0.3, -0.25) is 9.69 Å². The number of benzene rings is 1. The first kappa shape index (κ1) is 19.5. The van der Waals surface area contributed by atoms with Crippen molar-refractivity contribution in [1.82, 2.24) is 4.90 Å². The quantitative estimate of drug-likeness (QED) is 0.773. The molecule has 3 heterocycles. The van der Waals surface area contributed by atoms with Gasteiger partial charge in [0.15, 0.2) is 0 Å². The molecule has 2 aliphatic rings. The average Bonchev–Trinajstić information content (AvgIpc) is 3.32. The summed E-state index contributed by atoms with van der Waals surface area (Å²) in [5.41, 5.74) is 5.63. The Morgan fingerprint density at radius 3 is 2.68 bits per heavy atom. The molecule has 4 rings (SSSR count). The molecule has 0 bridgehead atoms. The molecule has 150 valence electrons. The first-order valence-corrected chi connectivity index (χ1v) is 10.6. The molecule has 0 aliphatic carbocycles. The third kappa shape index (κ3) is 3.46. The number of thiophene rings is 1. The standard InChI is InChI=1S/C21H23F3N2OS/c22-21(23,24)16-6-3-5-15(20(25)27)19(16)18(13-9-11-28-12-13)17-8-7-14-4-1-2-10-26(14)17/h3,5-6,9,11-12,14,17-18H,1-2,4,7-8,10H2,(H2,25,27)/t14-,17+,18+/m1/s1. The topological polar surface area (TPSA) is 46.3 Å². The fourth-order valence-corrected chi connectivity index (χ4v) is 5.75. The molecule has 3 atom stereocenters. The molecule has 0 unspecified atom stereocenters. The van der Waals surface area contributed by atoms with Crippen molar-refractivity contribution in [2.24, 2.45) is 5.73 Å². The minimum atomic E-state index is -4.55. The predicted molar refractivity (Wildman–Crippen MR) is 103 cm³/mol. The van der Waals surface area contributed by atoms with Crippen LogP contribution in [0.4, 0.5) is 13.2 Å². The van der Waals surface area contributed by atoms with Crippen LogP contribution in [0.3, 0.4) is 0 Å². The highest BCUT2D eigenvalue weighted by atomic mass is 32.1. The number of amides is 1. The highest BCUT2D eigenvalue weighted by Gasteiger charge is 2.45. The zero-order valence-corrected chi connectivity index (χ0v) is 16.2. The van der Waals surface area contributed by atoms with E-state index < -0.39 is 23.6 Å². The van der Waals surface area contributed by atoms with E-state index in [0.717, 1.165) is 43.9 Å². The fraction of sp³-hybridized carbons (Fsp3) is 0.476. The molecule has 28 heavy (non-hydrogen) atoms. The molecule has 0 spiro atoms. The number of piperidine rings is 1. The molecular weight excluding hydrogens is 385 g/mol. The van der Waals surface area contributed by atoms with Gasteiger partial charge in [0.25, 0.3) is 0 Å². The van der Waals surface area contributed by atoms with Crippen LogP contribution in [-0.4, -0.2) is 29.4 Å². The van der Waals surface area contributed by atoms with Crippen molar-refractivity contribution in [1.29, 1.82) is 0 Å². The van der Waals surface area contributed by atoms with Crippen molar-refractivity contribution in [3.8, 4) is 0 Å². The first-order valence-electron chi connectivity index (χ1n) is 9.65. The van der Waals surface area contributed by atoms with Gasteiger partial charge in [0.2, 0.25) is 5.91 Å². The predicted octanol–water partition coefficient (Wildman–Crippen LogP) is 5.01. The van der Waals surface area contributed by atoms with E-state index in [1.807, 2.05) is 16.8 Å². The number of rotatable bonds is 4. The summed E-state index contributed by atoms with van der Waals surface area (Å²) in [4.78, 5) is 14.5. The molecule has 2 N–H and O–H groups in total. The van der Waals surface area contributed by atoms with Crippen molar-refractivity contribution in [3.63, 3.8) is 0 Å². The zero-order valence-electron chi connectivity index (χ0n) is 15.4. The van der Waals surface area contributed by atoms with Gasteiger partial charge in [0.05, 0.1) is 5.56 Å². The maximum Gasteiger partial charge on any atom is 0.416 e. The Balaban J connectivity index is 1.90. The third-order valence-corrected chi connectivity index (χ3v) is 6.87. The van der Waals surface area contributed by atoms with Gasteiger partial charge in [-0.05, 0) is 72.3 Å². The normalized spacial score (nSPS) is 24.1. The number of fused-ring (bicyclic) bond motifs is 1. The highest BCUT2D eigenvalue weighted by Crippen LogP contribution is 2.46. The van der Waals surface area contributed by atoms with Crippen molar-refractivity contribution < 1.29 is 18.0 Å². The molecule has 2 saturated heterocycles. The van der Waals surface area contributed by atoms with Crippen LogP contribution in [0.25, 0.3) is 0 Å². The van der Waals surface area contributed by atoms with Crippen LogP contribution in [0.1, 0.15) is 65.1 Å². The lowest BCUT2D eigenvalue weighted by molar-refractivity contribution is -0.138. The van der Waals surface area contributed by atoms with Gasteiger partial charge >= 0.3 is 6.18 Å². The number of alkyl halides is 3. The summed E-state index contributed by atoms with van der Waals surface area (Å²) in [5, 5.41) is 3.78. The summed E-state index contributed by atoms with van der Waals surface area (Å²) in [5.74, 6) is -1.33. The van der Waals surface area contributed by atoms with E-state index in [9.17, 15) is 18.0 Å². The van der Waals surface area contributed by atoms with Gasteiger partial charge in [-0.15, -0.1) is 0 Å². The molecule has 2 fully saturated rings. The second-order valence-corrected chi connectivity index (χ2v) is 8.48. The van der Waals surface area contributed by atoms with Crippen molar-refractivity contribution >= 4 is 17.2 Å². The Kier molecular flexibility index (Phi) is 5.22. The van der Waals surface area contributed by atoms with E-state index in [0.29, 0.717) is 6.04 Å². The molecule has 2 aliphatic heterocycles. The number of nitrogens with zero attached hydrogens (tertiary/aromatic N) is 1. The van der Waals surface area contributed by atoms with Crippen LogP contribution < -0.4 is 5.73 Å². The molecule has 1 aromatic carbocycles. The smallest absolute Gasteiger partial charge is 0.366 e. The summed E-state index contributed by atoms with van der Waals surface area (Å²) in [6.45, 7) is 0.899. The third-order valence-electron chi connectivity index (χ3n) is 6.17. The Labute approximate surface area is 166 Å². The molecule has 0 radical (unpaired) electrons. The van der Waals surface area contributed by atoms with Crippen LogP contribution in [0.15, 0.2) is 35.0 Å². The molecule has 2 aromatic rings. The highest BCUT2D eigenvalue weighted by molar-refractivity contribution is 7.08. The van der Waals surface area contributed by atoms with Gasteiger partial charge in [0, 0.05) is 23.6 Å². The molecule has 3 nitrogen and oxygen atoms in total. The lowest BCUT2D eigenvalue weighted by Crippen LogP contribution is -2.43. The van der Waals surface area contributed by atoms with Gasteiger partial charge in [-0.2, -0.15) is 24.5 Å². The number of halogens is 3. The molecule has 7 heteroatoms. The minimum absolute atomic E-state index is 0.0218. The van der Waals surface area contributed by atoms with E-state index in [2.05, 4.69) is 4.90 Å². The number of nitrogens with two attached hydrogens (primary N) is 1. The lowest BCUT2D eigenvalue weighted by Gasteiger charge is -2.39. The van der Waals surface area contributed by atoms with Gasteiger partial charge in [-0.1, -0.05) is 12.5 Å². The average molecular weight is 408 g/mol. The fourth-order valence-electron chi connectivity index (χ4n) is 5.05. The number of hydrogen-bond acceptors (Lipinski definition) is 3. The summed E-state index contributed by atoms with van der Waals surface area (Å²) in [6, 6.07) is 6.02. The van der Waals surface area contributed by atoms with Crippen LogP contribution >= 0.6 is 11.3 Å². The van der Waals surface area contributed by atoms with Crippen LogP contribution in [0.5, 0.6) is 0 Å². The number of carbonyl (C=O) groups is 1. The lowest BCUT2D eigenvalue weighted by atomic mass is 9.79. The second-order valence-electron chi connectivity index (χ2n) is 7.70. The first-order chi connectivity index (χ1) is 13.4. The molecule has 1 amide bonds. The number of hydrogen-bond donors (Lipinski definition) is 1. The molecular formula is C21H23F3N2OS. The van der Waals surface area contributed by atoms with Gasteiger partial charge in [0.1, 0.15) is 0 Å². The maximum atomic E-state index is 14.0. The maximum absolute atomic E-state index is 14.0. The Bertz CT molecular complexity index is 850. The summed E-state index contributed by atoms with van der Waals surface area (Å²) in [7, 11) is 0. The summed E-state index contributed by atoms with van der Waals surface area (Å²) < 4.78 is 41.9. The SMILES string of the molecule is NC(=O)c1cccc(C(F)(F)F)c1[C@@H](c1ccsc1)[C@@H]1CC[C@H]2CCCCN21. The van der Waals surface area contributed by atoms with E-state index in [-0.39, 0.29) is 17.2 Å². The van der Waals surface area contributed by atoms with Crippen molar-refractivity contribution in [3.05, 3.63) is 57.3 Å². The molecule has 1 aromatic heterocycles. The van der Waals surface area contributed by atoms with Gasteiger partial charge < -0.3 is 5.73 Å².